The lowest BCUT2D eigenvalue weighted by Gasteiger charge is -2.25. The molecule has 0 spiro atoms. The molecule has 0 radical (unpaired) electrons. The summed E-state index contributed by atoms with van der Waals surface area (Å²) in [6.45, 7) is 1.57. The summed E-state index contributed by atoms with van der Waals surface area (Å²) >= 11 is 0. The molecule has 18 heavy (non-hydrogen) atoms. The van der Waals surface area contributed by atoms with Gasteiger partial charge in [0.15, 0.2) is 0 Å². The highest BCUT2D eigenvalue weighted by atomic mass is 16.6. The van der Waals surface area contributed by atoms with Gasteiger partial charge >= 0.3 is 11.7 Å². The first-order valence-electron chi connectivity index (χ1n) is 5.41. The molecule has 8 heteroatoms. The molecule has 1 heterocycles. The van der Waals surface area contributed by atoms with E-state index < -0.39 is 16.4 Å². The van der Waals surface area contributed by atoms with Crippen LogP contribution in [0.1, 0.15) is 19.8 Å². The van der Waals surface area contributed by atoms with Gasteiger partial charge in [-0.25, -0.2) is 14.8 Å². The van der Waals surface area contributed by atoms with Gasteiger partial charge in [0.2, 0.25) is 5.95 Å². The van der Waals surface area contributed by atoms with E-state index in [9.17, 15) is 20.0 Å². The third-order valence-electron chi connectivity index (χ3n) is 3.06. The van der Waals surface area contributed by atoms with E-state index in [0.717, 1.165) is 25.2 Å². The zero-order valence-corrected chi connectivity index (χ0v) is 9.66. The third kappa shape index (κ3) is 2.22. The van der Waals surface area contributed by atoms with Gasteiger partial charge in [-0.2, -0.15) is 0 Å². The Bertz CT molecular complexity index is 485. The van der Waals surface area contributed by atoms with Gasteiger partial charge in [-0.15, -0.1) is 0 Å². The predicted molar refractivity (Wildman–Crippen MR) is 61.1 cm³/mol. The van der Waals surface area contributed by atoms with Crippen LogP contribution in [0.25, 0.3) is 0 Å². The van der Waals surface area contributed by atoms with Gasteiger partial charge < -0.3 is 10.4 Å². The topological polar surface area (TPSA) is 118 Å². The summed E-state index contributed by atoms with van der Waals surface area (Å²) in [7, 11) is 0. The number of nitro groups is 1. The summed E-state index contributed by atoms with van der Waals surface area (Å²) < 4.78 is 0. The maximum absolute atomic E-state index is 11.3. The van der Waals surface area contributed by atoms with E-state index in [0.29, 0.717) is 0 Å². The fraction of sp³-hybridized carbons (Fsp3) is 0.500. The fourth-order valence-electron chi connectivity index (χ4n) is 1.70. The van der Waals surface area contributed by atoms with E-state index in [4.69, 9.17) is 0 Å². The average molecular weight is 252 g/mol. The van der Waals surface area contributed by atoms with Crippen LogP contribution in [-0.2, 0) is 4.79 Å². The van der Waals surface area contributed by atoms with Crippen LogP contribution >= 0.6 is 0 Å². The van der Waals surface area contributed by atoms with Crippen LogP contribution in [0.5, 0.6) is 0 Å². The molecule has 1 aromatic heterocycles. The second kappa shape index (κ2) is 4.21. The molecule has 2 rings (SSSR count). The van der Waals surface area contributed by atoms with Crippen molar-refractivity contribution >= 4 is 17.6 Å². The number of aliphatic carboxylic acids is 1. The molecule has 0 bridgehead atoms. The molecule has 1 atom stereocenters. The molecule has 96 valence electrons. The molecule has 1 fully saturated rings. The summed E-state index contributed by atoms with van der Waals surface area (Å²) in [5, 5.41) is 22.4. The minimum absolute atomic E-state index is 0.0359. The first-order valence-corrected chi connectivity index (χ1v) is 5.41. The quantitative estimate of drug-likeness (QED) is 0.593. The molecule has 0 aliphatic heterocycles. The average Bonchev–Trinajstić information content (AvgIpc) is 3.13. The Morgan fingerprint density at radius 1 is 1.56 bits per heavy atom. The molecule has 1 aromatic rings. The Morgan fingerprint density at radius 2 is 2.11 bits per heavy atom. The van der Waals surface area contributed by atoms with E-state index in [1.165, 1.54) is 0 Å². The Hall–Kier alpha value is -2.25. The minimum Gasteiger partial charge on any atom is -0.480 e. The molecule has 1 aliphatic rings. The van der Waals surface area contributed by atoms with Gasteiger partial charge in [0.05, 0.1) is 4.92 Å². The molecule has 0 amide bonds. The van der Waals surface area contributed by atoms with Gasteiger partial charge in [0.25, 0.3) is 0 Å². The van der Waals surface area contributed by atoms with Crippen molar-refractivity contribution in [1.29, 1.82) is 0 Å². The third-order valence-corrected chi connectivity index (χ3v) is 3.06. The lowest BCUT2D eigenvalue weighted by molar-refractivity contribution is -0.385. The van der Waals surface area contributed by atoms with Crippen LogP contribution in [0, 0.1) is 16.0 Å². The largest absolute Gasteiger partial charge is 0.480 e. The summed E-state index contributed by atoms with van der Waals surface area (Å²) in [4.78, 5) is 28.6. The molecule has 1 aliphatic carbocycles. The molecule has 8 nitrogen and oxygen atoms in total. The van der Waals surface area contributed by atoms with Gasteiger partial charge in [-0.05, 0) is 25.7 Å². The van der Waals surface area contributed by atoms with Gasteiger partial charge in [-0.3, -0.25) is 10.1 Å². The summed E-state index contributed by atoms with van der Waals surface area (Å²) in [6.07, 6.45) is 3.76. The maximum atomic E-state index is 11.3. The fourth-order valence-corrected chi connectivity index (χ4v) is 1.70. The second-order valence-electron chi connectivity index (χ2n) is 4.43. The van der Waals surface area contributed by atoms with E-state index in [-0.39, 0.29) is 17.6 Å². The van der Waals surface area contributed by atoms with Crippen LogP contribution in [0.2, 0.25) is 0 Å². The molecule has 1 saturated carbocycles. The zero-order valence-electron chi connectivity index (χ0n) is 9.66. The lowest BCUT2D eigenvalue weighted by atomic mass is 9.96. The normalized spacial score (nSPS) is 17.8. The minimum atomic E-state index is -1.13. The molecule has 1 unspecified atom stereocenters. The number of hydrogen-bond acceptors (Lipinski definition) is 6. The molecule has 0 saturated heterocycles. The Labute approximate surface area is 102 Å². The maximum Gasteiger partial charge on any atom is 0.329 e. The number of carboxylic acid groups (broad SMARTS) is 1. The van der Waals surface area contributed by atoms with Crippen molar-refractivity contribution in [1.82, 2.24) is 9.97 Å². The SMILES string of the molecule is CC(Nc1ncc([N+](=O)[O-])cn1)(C(=O)O)C1CC1. The van der Waals surface area contributed by atoms with E-state index in [2.05, 4.69) is 15.3 Å². The lowest BCUT2D eigenvalue weighted by Crippen LogP contribution is -2.46. The van der Waals surface area contributed by atoms with Crippen LogP contribution in [0.4, 0.5) is 11.6 Å². The number of nitrogens with zero attached hydrogens (tertiary/aromatic N) is 3. The zero-order chi connectivity index (χ0) is 13.3. The van der Waals surface area contributed by atoms with E-state index >= 15 is 0 Å². The van der Waals surface area contributed by atoms with Crippen LogP contribution in [0.15, 0.2) is 12.4 Å². The van der Waals surface area contributed by atoms with Crippen molar-refractivity contribution in [2.45, 2.75) is 25.3 Å². The molecular weight excluding hydrogens is 240 g/mol. The number of rotatable bonds is 5. The highest BCUT2D eigenvalue weighted by molar-refractivity contribution is 5.82. The summed E-state index contributed by atoms with van der Waals surface area (Å²) in [5.74, 6) is -0.863. The Morgan fingerprint density at radius 3 is 2.50 bits per heavy atom. The number of carboxylic acids is 1. The van der Waals surface area contributed by atoms with Gasteiger partial charge in [-0.1, -0.05) is 0 Å². The molecule has 0 aromatic carbocycles. The van der Waals surface area contributed by atoms with E-state index in [1.807, 2.05) is 0 Å². The number of carbonyl (C=O) groups is 1. The van der Waals surface area contributed by atoms with Crippen molar-refractivity contribution in [2.75, 3.05) is 5.32 Å². The van der Waals surface area contributed by atoms with Crippen LogP contribution < -0.4 is 5.32 Å². The number of hydrogen-bond donors (Lipinski definition) is 2. The standard InChI is InChI=1S/C10H12N4O4/c1-10(8(15)16,6-2-3-6)13-9-11-4-7(5-12-9)14(17)18/h4-6H,2-3H2,1H3,(H,15,16)(H,11,12,13). The van der Waals surface area contributed by atoms with Gasteiger partial charge in [0, 0.05) is 0 Å². The smallest absolute Gasteiger partial charge is 0.329 e. The Kier molecular flexibility index (Phi) is 2.85. The van der Waals surface area contributed by atoms with E-state index in [1.54, 1.807) is 6.92 Å². The van der Waals surface area contributed by atoms with Crippen molar-refractivity contribution < 1.29 is 14.8 Å². The first kappa shape index (κ1) is 12.2. The summed E-state index contributed by atoms with van der Waals surface area (Å²) in [6, 6.07) is 0. The molecule has 2 N–H and O–H groups in total. The predicted octanol–water partition coefficient (Wildman–Crippen LogP) is 1.05. The van der Waals surface area contributed by atoms with Crippen molar-refractivity contribution in [3.63, 3.8) is 0 Å². The second-order valence-corrected chi connectivity index (χ2v) is 4.43. The van der Waals surface area contributed by atoms with Crippen LogP contribution in [-0.4, -0.2) is 31.5 Å². The van der Waals surface area contributed by atoms with Gasteiger partial charge in [0.1, 0.15) is 17.9 Å². The Balaban J connectivity index is 2.17. The number of anilines is 1. The van der Waals surface area contributed by atoms with Crippen molar-refractivity contribution in [3.05, 3.63) is 22.5 Å². The van der Waals surface area contributed by atoms with Crippen molar-refractivity contribution in [3.8, 4) is 0 Å². The van der Waals surface area contributed by atoms with Crippen LogP contribution in [0.3, 0.4) is 0 Å². The van der Waals surface area contributed by atoms with Crippen molar-refractivity contribution in [2.24, 2.45) is 5.92 Å². The monoisotopic (exact) mass is 252 g/mol. The first-order chi connectivity index (χ1) is 8.43. The molecular formula is C10H12N4O4. The number of aromatic nitrogens is 2. The summed E-state index contributed by atoms with van der Waals surface area (Å²) in [5.41, 5.74) is -1.36. The highest BCUT2D eigenvalue weighted by Gasteiger charge is 2.48. The highest BCUT2D eigenvalue weighted by Crippen LogP contribution is 2.41. The number of nitrogens with one attached hydrogen (secondary N) is 1.